The van der Waals surface area contributed by atoms with Crippen LogP contribution >= 0.6 is 23.2 Å². The lowest BCUT2D eigenvalue weighted by Crippen LogP contribution is -2.38. The Hall–Kier alpha value is -1.28. The molecule has 1 unspecified atom stereocenters. The van der Waals surface area contributed by atoms with Crippen molar-refractivity contribution in [2.24, 2.45) is 0 Å². The molecule has 2 rings (SSSR count). The van der Waals surface area contributed by atoms with E-state index >= 15 is 0 Å². The van der Waals surface area contributed by atoms with Crippen molar-refractivity contribution in [3.8, 4) is 6.07 Å². The van der Waals surface area contributed by atoms with E-state index in [-0.39, 0.29) is 0 Å². The molecule has 1 aromatic carbocycles. The van der Waals surface area contributed by atoms with Crippen molar-refractivity contribution in [3.05, 3.63) is 33.8 Å². The number of benzene rings is 1. The smallest absolute Gasteiger partial charge is 0.254 e. The summed E-state index contributed by atoms with van der Waals surface area (Å²) < 4.78 is 0. The summed E-state index contributed by atoms with van der Waals surface area (Å²) in [5.41, 5.74) is -0.501. The van der Waals surface area contributed by atoms with E-state index < -0.39 is 17.6 Å². The second kappa shape index (κ2) is 4.77. The summed E-state index contributed by atoms with van der Waals surface area (Å²) >= 11 is 11.6. The van der Waals surface area contributed by atoms with Crippen LogP contribution in [0.3, 0.4) is 0 Å². The van der Waals surface area contributed by atoms with Gasteiger partial charge >= 0.3 is 0 Å². The van der Waals surface area contributed by atoms with Crippen LogP contribution in [0.1, 0.15) is 24.5 Å². The van der Waals surface area contributed by atoms with Gasteiger partial charge in [0.15, 0.2) is 6.10 Å². The molecule has 0 aromatic heterocycles. The number of hydrogen-bond donors (Lipinski definition) is 2. The third-order valence-electron chi connectivity index (χ3n) is 2.78. The Labute approximate surface area is 114 Å². The third kappa shape index (κ3) is 2.75. The highest BCUT2D eigenvalue weighted by molar-refractivity contribution is 6.34. The van der Waals surface area contributed by atoms with Gasteiger partial charge in [0.1, 0.15) is 5.54 Å². The zero-order chi connectivity index (χ0) is 13.3. The molecule has 6 heteroatoms. The van der Waals surface area contributed by atoms with Gasteiger partial charge in [-0.2, -0.15) is 5.26 Å². The number of hydrogen-bond acceptors (Lipinski definition) is 3. The number of aliphatic hydroxyl groups is 1. The highest BCUT2D eigenvalue weighted by Crippen LogP contribution is 2.35. The maximum atomic E-state index is 11.8. The maximum Gasteiger partial charge on any atom is 0.254 e. The Morgan fingerprint density at radius 1 is 1.39 bits per heavy atom. The lowest BCUT2D eigenvalue weighted by molar-refractivity contribution is -0.130. The van der Waals surface area contributed by atoms with E-state index in [2.05, 4.69) is 5.32 Å². The van der Waals surface area contributed by atoms with Crippen LogP contribution in [0.25, 0.3) is 0 Å². The fraction of sp³-hybridized carbons (Fsp3) is 0.333. The highest BCUT2D eigenvalue weighted by atomic mass is 35.5. The number of carbonyl (C=O) groups is 1. The van der Waals surface area contributed by atoms with Gasteiger partial charge in [0.05, 0.1) is 6.07 Å². The molecule has 0 bridgehead atoms. The lowest BCUT2D eigenvalue weighted by atomic mass is 10.1. The van der Waals surface area contributed by atoms with E-state index in [1.807, 2.05) is 6.07 Å². The molecule has 1 aromatic rings. The molecule has 1 saturated carbocycles. The Bertz CT molecular complexity index is 515. The molecule has 1 amide bonds. The van der Waals surface area contributed by atoms with Crippen LogP contribution in [0.15, 0.2) is 18.2 Å². The molecule has 2 N–H and O–H groups in total. The van der Waals surface area contributed by atoms with E-state index in [0.717, 1.165) is 0 Å². The number of nitriles is 1. The zero-order valence-electron chi connectivity index (χ0n) is 9.28. The van der Waals surface area contributed by atoms with Gasteiger partial charge in [-0.05, 0) is 36.6 Å². The van der Waals surface area contributed by atoms with Gasteiger partial charge in [-0.1, -0.05) is 23.2 Å². The number of carbonyl (C=O) groups excluding carboxylic acids is 1. The second-order valence-corrected chi connectivity index (χ2v) is 5.16. The van der Waals surface area contributed by atoms with Crippen LogP contribution in [0.4, 0.5) is 0 Å². The minimum Gasteiger partial charge on any atom is -0.378 e. The topological polar surface area (TPSA) is 73.1 Å². The number of halogens is 2. The Kier molecular flexibility index (Phi) is 3.49. The molecular weight excluding hydrogens is 275 g/mol. The molecule has 0 saturated heterocycles. The van der Waals surface area contributed by atoms with Gasteiger partial charge in [0, 0.05) is 10.0 Å². The minimum absolute atomic E-state index is 0.304. The average Bonchev–Trinajstić information content (AvgIpc) is 3.07. The summed E-state index contributed by atoms with van der Waals surface area (Å²) in [7, 11) is 0. The average molecular weight is 285 g/mol. The molecule has 1 fully saturated rings. The summed E-state index contributed by atoms with van der Waals surface area (Å²) in [5, 5.41) is 21.9. The van der Waals surface area contributed by atoms with Crippen molar-refractivity contribution in [1.29, 1.82) is 5.26 Å². The Morgan fingerprint density at radius 2 is 1.94 bits per heavy atom. The predicted octanol–water partition coefficient (Wildman–Crippen LogP) is 2.20. The van der Waals surface area contributed by atoms with E-state index in [9.17, 15) is 9.90 Å². The zero-order valence-corrected chi connectivity index (χ0v) is 10.8. The molecule has 1 atom stereocenters. The second-order valence-electron chi connectivity index (χ2n) is 4.29. The minimum atomic E-state index is -1.38. The van der Waals surface area contributed by atoms with Crippen LogP contribution in [0.5, 0.6) is 0 Å². The van der Waals surface area contributed by atoms with Crippen molar-refractivity contribution in [2.75, 3.05) is 0 Å². The molecule has 1 aliphatic carbocycles. The summed E-state index contributed by atoms with van der Waals surface area (Å²) in [6, 6.07) is 6.45. The normalized spacial score (nSPS) is 17.7. The lowest BCUT2D eigenvalue weighted by Gasteiger charge is -2.14. The predicted molar refractivity (Wildman–Crippen MR) is 67.1 cm³/mol. The van der Waals surface area contributed by atoms with Gasteiger partial charge < -0.3 is 10.4 Å². The van der Waals surface area contributed by atoms with Crippen LogP contribution in [-0.2, 0) is 4.79 Å². The molecule has 1 aliphatic rings. The van der Waals surface area contributed by atoms with E-state index in [4.69, 9.17) is 28.5 Å². The SMILES string of the molecule is N#CC1(NC(=O)C(O)c2cc(Cl)cc(Cl)c2)CC1. The highest BCUT2D eigenvalue weighted by Gasteiger charge is 2.45. The summed E-state index contributed by atoms with van der Waals surface area (Å²) in [6.07, 6.45) is -0.164. The first-order valence-electron chi connectivity index (χ1n) is 5.33. The standard InChI is InChI=1S/C12H10Cl2N2O2/c13-8-3-7(4-9(14)5-8)10(17)11(18)16-12(6-15)1-2-12/h3-5,10,17H,1-2H2,(H,16,18). The summed E-state index contributed by atoms with van der Waals surface area (Å²) in [5.74, 6) is -0.618. The van der Waals surface area contributed by atoms with Crippen molar-refractivity contribution < 1.29 is 9.90 Å². The number of aliphatic hydroxyl groups excluding tert-OH is 1. The number of amides is 1. The largest absolute Gasteiger partial charge is 0.378 e. The van der Waals surface area contributed by atoms with Crippen molar-refractivity contribution in [2.45, 2.75) is 24.5 Å². The molecule has 18 heavy (non-hydrogen) atoms. The van der Waals surface area contributed by atoms with E-state index in [1.165, 1.54) is 18.2 Å². The summed E-state index contributed by atoms with van der Waals surface area (Å²) in [6.45, 7) is 0. The van der Waals surface area contributed by atoms with Crippen molar-refractivity contribution in [1.82, 2.24) is 5.32 Å². The third-order valence-corrected chi connectivity index (χ3v) is 3.21. The van der Waals surface area contributed by atoms with Gasteiger partial charge in [-0.15, -0.1) is 0 Å². The quantitative estimate of drug-likeness (QED) is 0.894. The first-order chi connectivity index (χ1) is 8.46. The fourth-order valence-corrected chi connectivity index (χ4v) is 2.12. The molecule has 94 valence electrons. The first kappa shape index (κ1) is 13.2. The molecule has 0 heterocycles. The van der Waals surface area contributed by atoms with Crippen LogP contribution in [-0.4, -0.2) is 16.6 Å². The van der Waals surface area contributed by atoms with Gasteiger partial charge in [0.25, 0.3) is 5.91 Å². The first-order valence-corrected chi connectivity index (χ1v) is 6.09. The summed E-state index contributed by atoms with van der Waals surface area (Å²) in [4.78, 5) is 11.8. The number of rotatable bonds is 3. The van der Waals surface area contributed by atoms with Crippen molar-refractivity contribution >= 4 is 29.1 Å². The van der Waals surface area contributed by atoms with Crippen LogP contribution < -0.4 is 5.32 Å². The molecule has 0 aliphatic heterocycles. The maximum absolute atomic E-state index is 11.8. The van der Waals surface area contributed by atoms with Gasteiger partial charge in [0.2, 0.25) is 0 Å². The van der Waals surface area contributed by atoms with E-state index in [0.29, 0.717) is 28.5 Å². The van der Waals surface area contributed by atoms with Gasteiger partial charge in [-0.25, -0.2) is 0 Å². The Balaban J connectivity index is 2.13. The van der Waals surface area contributed by atoms with Crippen molar-refractivity contribution in [3.63, 3.8) is 0 Å². The fourth-order valence-electron chi connectivity index (χ4n) is 1.58. The van der Waals surface area contributed by atoms with Gasteiger partial charge in [-0.3, -0.25) is 4.79 Å². The molecule has 0 radical (unpaired) electrons. The molecular formula is C12H10Cl2N2O2. The Morgan fingerprint density at radius 3 is 2.39 bits per heavy atom. The molecule has 0 spiro atoms. The van der Waals surface area contributed by atoms with Crippen LogP contribution in [0, 0.1) is 11.3 Å². The monoisotopic (exact) mass is 284 g/mol. The number of nitrogens with one attached hydrogen (secondary N) is 1. The van der Waals surface area contributed by atoms with E-state index in [1.54, 1.807) is 0 Å². The molecule has 4 nitrogen and oxygen atoms in total. The number of nitrogens with zero attached hydrogens (tertiary/aromatic N) is 1. The van der Waals surface area contributed by atoms with Crippen LogP contribution in [0.2, 0.25) is 10.0 Å².